The van der Waals surface area contributed by atoms with Crippen molar-refractivity contribution in [1.82, 2.24) is 4.98 Å². The summed E-state index contributed by atoms with van der Waals surface area (Å²) in [6.07, 6.45) is 7.03. The van der Waals surface area contributed by atoms with Crippen LogP contribution in [0.25, 0.3) is 0 Å². The molecule has 0 bridgehead atoms. The molecule has 1 heterocycles. The molecule has 2 atom stereocenters. The molecule has 0 saturated heterocycles. The van der Waals surface area contributed by atoms with Crippen LogP contribution in [0.1, 0.15) is 56.8 Å². The van der Waals surface area contributed by atoms with Crippen LogP contribution in [0.2, 0.25) is 0 Å². The van der Waals surface area contributed by atoms with Crippen molar-refractivity contribution >= 4 is 12.4 Å². The number of nitriles is 1. The van der Waals surface area contributed by atoms with Crippen molar-refractivity contribution in [1.29, 1.82) is 5.26 Å². The van der Waals surface area contributed by atoms with Gasteiger partial charge in [0.1, 0.15) is 0 Å². The standard InChI is InChI=1S/C21H26N2O.ClH/c1-3-5-13-21(17-22,19-12-9-14-23-16-19)15-20(24-4-2)18-10-7-6-8-11-18;/h6-12,14,16,20H,3-5,13,15H2,1-2H3;1H. The van der Waals surface area contributed by atoms with Crippen molar-refractivity contribution in [2.24, 2.45) is 0 Å². The topological polar surface area (TPSA) is 45.9 Å². The lowest BCUT2D eigenvalue weighted by Gasteiger charge is -2.31. The van der Waals surface area contributed by atoms with Crippen LogP contribution in [0.5, 0.6) is 0 Å². The molecule has 134 valence electrons. The summed E-state index contributed by atoms with van der Waals surface area (Å²) in [5.74, 6) is 0. The number of unbranched alkanes of at least 4 members (excludes halogenated alkanes) is 1. The van der Waals surface area contributed by atoms with Gasteiger partial charge in [0.2, 0.25) is 0 Å². The van der Waals surface area contributed by atoms with Crippen molar-refractivity contribution in [3.8, 4) is 6.07 Å². The van der Waals surface area contributed by atoms with Gasteiger partial charge in [-0.2, -0.15) is 5.26 Å². The molecule has 25 heavy (non-hydrogen) atoms. The largest absolute Gasteiger partial charge is 0.374 e. The first kappa shape index (κ1) is 21.2. The van der Waals surface area contributed by atoms with E-state index in [1.807, 2.05) is 43.5 Å². The van der Waals surface area contributed by atoms with E-state index in [9.17, 15) is 5.26 Å². The van der Waals surface area contributed by atoms with E-state index in [-0.39, 0.29) is 18.5 Å². The highest BCUT2D eigenvalue weighted by Crippen LogP contribution is 2.39. The van der Waals surface area contributed by atoms with E-state index in [0.29, 0.717) is 13.0 Å². The van der Waals surface area contributed by atoms with Crippen LogP contribution in [0.15, 0.2) is 54.9 Å². The number of hydrogen-bond acceptors (Lipinski definition) is 3. The molecule has 0 N–H and O–H groups in total. The molecule has 0 saturated carbocycles. The third-order valence-corrected chi connectivity index (χ3v) is 4.46. The second-order valence-electron chi connectivity index (χ2n) is 6.10. The molecule has 1 aromatic carbocycles. The highest BCUT2D eigenvalue weighted by Gasteiger charge is 2.35. The van der Waals surface area contributed by atoms with Crippen LogP contribution in [-0.2, 0) is 10.2 Å². The molecule has 2 unspecified atom stereocenters. The minimum atomic E-state index is -0.569. The zero-order valence-electron chi connectivity index (χ0n) is 15.0. The lowest BCUT2D eigenvalue weighted by atomic mass is 9.73. The van der Waals surface area contributed by atoms with Gasteiger partial charge >= 0.3 is 0 Å². The summed E-state index contributed by atoms with van der Waals surface area (Å²) in [7, 11) is 0. The predicted molar refractivity (Wildman–Crippen MR) is 104 cm³/mol. The SMILES string of the molecule is CCCCC(C#N)(CC(OCC)c1ccccc1)c1cccnc1.Cl. The van der Waals surface area contributed by atoms with E-state index >= 15 is 0 Å². The summed E-state index contributed by atoms with van der Waals surface area (Å²) >= 11 is 0. The minimum Gasteiger partial charge on any atom is -0.374 e. The fourth-order valence-corrected chi connectivity index (χ4v) is 3.11. The van der Waals surface area contributed by atoms with Gasteiger partial charge in [0.05, 0.1) is 17.6 Å². The smallest absolute Gasteiger partial charge is 0.0865 e. The van der Waals surface area contributed by atoms with Crippen LogP contribution in [0.4, 0.5) is 0 Å². The molecule has 2 rings (SSSR count). The first-order valence-electron chi connectivity index (χ1n) is 8.74. The van der Waals surface area contributed by atoms with Crippen molar-refractivity contribution in [2.45, 2.75) is 51.0 Å². The lowest BCUT2D eigenvalue weighted by Crippen LogP contribution is -2.28. The summed E-state index contributed by atoms with van der Waals surface area (Å²) in [5, 5.41) is 10.1. The average Bonchev–Trinajstić information content (AvgIpc) is 2.66. The first-order chi connectivity index (χ1) is 11.8. The Kier molecular flexibility index (Phi) is 9.20. The molecule has 4 heteroatoms. The second kappa shape index (κ2) is 10.9. The Bertz CT molecular complexity index is 642. The number of halogens is 1. The normalized spacial score (nSPS) is 14.0. The van der Waals surface area contributed by atoms with E-state index < -0.39 is 5.41 Å². The molecule has 2 aromatic rings. The third kappa shape index (κ3) is 5.56. The lowest BCUT2D eigenvalue weighted by molar-refractivity contribution is 0.0427. The summed E-state index contributed by atoms with van der Waals surface area (Å²) in [6, 6.07) is 16.7. The number of hydrogen-bond donors (Lipinski definition) is 0. The summed E-state index contributed by atoms with van der Waals surface area (Å²) in [5.41, 5.74) is 1.54. The van der Waals surface area contributed by atoms with Gasteiger partial charge in [-0.25, -0.2) is 0 Å². The van der Waals surface area contributed by atoms with Gasteiger partial charge in [0, 0.05) is 25.4 Å². The zero-order valence-corrected chi connectivity index (χ0v) is 15.8. The molecule has 0 radical (unpaired) electrons. The maximum absolute atomic E-state index is 10.1. The van der Waals surface area contributed by atoms with Gasteiger partial charge in [0.25, 0.3) is 0 Å². The van der Waals surface area contributed by atoms with Crippen molar-refractivity contribution in [3.05, 3.63) is 66.0 Å². The second-order valence-corrected chi connectivity index (χ2v) is 6.10. The molecule has 0 spiro atoms. The molecular formula is C21H27ClN2O. The molecule has 0 aliphatic carbocycles. The molecule has 0 aliphatic heterocycles. The number of pyridine rings is 1. The van der Waals surface area contributed by atoms with E-state index in [1.54, 1.807) is 6.20 Å². The Labute approximate surface area is 157 Å². The van der Waals surface area contributed by atoms with Gasteiger partial charge in [-0.05, 0) is 30.5 Å². The fourth-order valence-electron chi connectivity index (χ4n) is 3.11. The number of aromatic nitrogens is 1. The molecule has 0 amide bonds. The minimum absolute atomic E-state index is 0. The molecule has 3 nitrogen and oxygen atoms in total. The Balaban J connectivity index is 0.00000312. The van der Waals surface area contributed by atoms with Crippen LogP contribution >= 0.6 is 12.4 Å². The number of rotatable bonds is 9. The van der Waals surface area contributed by atoms with Crippen molar-refractivity contribution in [2.75, 3.05) is 6.61 Å². The Morgan fingerprint density at radius 2 is 1.92 bits per heavy atom. The highest BCUT2D eigenvalue weighted by molar-refractivity contribution is 5.85. The van der Waals surface area contributed by atoms with Crippen LogP contribution in [0.3, 0.4) is 0 Å². The number of ether oxygens (including phenoxy) is 1. The summed E-state index contributed by atoms with van der Waals surface area (Å²) < 4.78 is 6.02. The Hall–Kier alpha value is -1.89. The van der Waals surface area contributed by atoms with Gasteiger partial charge < -0.3 is 4.74 Å². The summed E-state index contributed by atoms with van der Waals surface area (Å²) in [4.78, 5) is 4.24. The van der Waals surface area contributed by atoms with E-state index in [2.05, 4.69) is 30.1 Å². The third-order valence-electron chi connectivity index (χ3n) is 4.46. The molecule has 0 aliphatic rings. The van der Waals surface area contributed by atoms with Gasteiger partial charge in [-0.1, -0.05) is 56.2 Å². The zero-order chi connectivity index (χ0) is 17.3. The van der Waals surface area contributed by atoms with Gasteiger partial charge in [-0.3, -0.25) is 4.98 Å². The van der Waals surface area contributed by atoms with E-state index in [1.165, 1.54) is 0 Å². The van der Waals surface area contributed by atoms with Crippen LogP contribution in [-0.4, -0.2) is 11.6 Å². The molecule has 0 fully saturated rings. The summed E-state index contributed by atoms with van der Waals surface area (Å²) in [6.45, 7) is 4.78. The van der Waals surface area contributed by atoms with Crippen LogP contribution < -0.4 is 0 Å². The van der Waals surface area contributed by atoms with Crippen molar-refractivity contribution < 1.29 is 4.74 Å². The highest BCUT2D eigenvalue weighted by atomic mass is 35.5. The molecule has 1 aromatic heterocycles. The van der Waals surface area contributed by atoms with Crippen molar-refractivity contribution in [3.63, 3.8) is 0 Å². The Morgan fingerprint density at radius 3 is 2.48 bits per heavy atom. The van der Waals surface area contributed by atoms with E-state index in [4.69, 9.17) is 4.74 Å². The molecular weight excluding hydrogens is 332 g/mol. The Morgan fingerprint density at radius 1 is 1.16 bits per heavy atom. The average molecular weight is 359 g/mol. The van der Waals surface area contributed by atoms with Gasteiger partial charge in [0.15, 0.2) is 0 Å². The first-order valence-corrected chi connectivity index (χ1v) is 8.74. The quantitative estimate of drug-likeness (QED) is 0.584. The van der Waals surface area contributed by atoms with Gasteiger partial charge in [-0.15, -0.1) is 12.4 Å². The number of nitrogens with zero attached hydrogens (tertiary/aromatic N) is 2. The fraction of sp³-hybridized carbons (Fsp3) is 0.429. The van der Waals surface area contributed by atoms with Crippen LogP contribution in [0, 0.1) is 11.3 Å². The maximum atomic E-state index is 10.1. The monoisotopic (exact) mass is 358 g/mol. The number of benzene rings is 1. The predicted octanol–water partition coefficient (Wildman–Crippen LogP) is 5.62. The maximum Gasteiger partial charge on any atom is 0.0865 e. The van der Waals surface area contributed by atoms with E-state index in [0.717, 1.165) is 30.4 Å².